The van der Waals surface area contributed by atoms with Crippen molar-refractivity contribution in [3.05, 3.63) is 78.4 Å². The van der Waals surface area contributed by atoms with Crippen LogP contribution in [0.1, 0.15) is 12.5 Å². The second-order valence-corrected chi connectivity index (χ2v) is 7.48. The second kappa shape index (κ2) is 8.44. The highest BCUT2D eigenvalue weighted by Crippen LogP contribution is 2.24. The Morgan fingerprint density at radius 3 is 2.36 bits per heavy atom. The second-order valence-electron chi connectivity index (χ2n) is 7.48. The molecule has 3 aromatic rings. The molecule has 0 spiro atoms. The summed E-state index contributed by atoms with van der Waals surface area (Å²) >= 11 is 0. The Hall–Kier alpha value is -2.85. The Balaban J connectivity index is 1.34. The maximum atomic E-state index is 12.9. The molecule has 1 fully saturated rings. The van der Waals surface area contributed by atoms with E-state index in [2.05, 4.69) is 52.7 Å². The van der Waals surface area contributed by atoms with Gasteiger partial charge in [0.1, 0.15) is 6.04 Å². The number of anilines is 1. The standard InChI is InChI=1S/C24H27N3O/c1-19(25-23-13-7-11-21-10-5-6-12-22(21)23)24(28)27-16-14-26(15-17-27)18-20-8-3-2-4-9-20/h2-13,19,25H,14-18H2,1H3/t19-/m1/s1. The van der Waals surface area contributed by atoms with Gasteiger partial charge in [-0.15, -0.1) is 0 Å². The van der Waals surface area contributed by atoms with E-state index in [9.17, 15) is 4.79 Å². The molecular formula is C24H27N3O. The maximum Gasteiger partial charge on any atom is 0.244 e. The van der Waals surface area contributed by atoms with E-state index < -0.39 is 0 Å². The predicted molar refractivity (Wildman–Crippen MR) is 115 cm³/mol. The summed E-state index contributed by atoms with van der Waals surface area (Å²) in [6.45, 7) is 6.32. The minimum Gasteiger partial charge on any atom is -0.373 e. The molecule has 1 aliphatic rings. The number of nitrogens with one attached hydrogen (secondary N) is 1. The van der Waals surface area contributed by atoms with Gasteiger partial charge in [0.05, 0.1) is 0 Å². The Morgan fingerprint density at radius 2 is 1.57 bits per heavy atom. The average molecular weight is 374 g/mol. The molecule has 1 heterocycles. The molecule has 0 aliphatic carbocycles. The molecule has 3 aromatic carbocycles. The number of piperazine rings is 1. The molecule has 1 saturated heterocycles. The molecule has 4 nitrogen and oxygen atoms in total. The van der Waals surface area contributed by atoms with Crippen LogP contribution in [0.4, 0.5) is 5.69 Å². The van der Waals surface area contributed by atoms with Gasteiger partial charge in [-0.1, -0.05) is 66.7 Å². The average Bonchev–Trinajstić information content (AvgIpc) is 2.75. The lowest BCUT2D eigenvalue weighted by Gasteiger charge is -2.36. The predicted octanol–water partition coefficient (Wildman–Crippen LogP) is 3.98. The summed E-state index contributed by atoms with van der Waals surface area (Å²) in [7, 11) is 0. The highest BCUT2D eigenvalue weighted by Gasteiger charge is 2.25. The molecule has 28 heavy (non-hydrogen) atoms. The minimum absolute atomic E-state index is 0.173. The number of carbonyl (C=O) groups is 1. The van der Waals surface area contributed by atoms with Crippen molar-refractivity contribution in [3.63, 3.8) is 0 Å². The van der Waals surface area contributed by atoms with Crippen molar-refractivity contribution in [2.45, 2.75) is 19.5 Å². The number of amides is 1. The van der Waals surface area contributed by atoms with E-state index >= 15 is 0 Å². The molecule has 4 heteroatoms. The van der Waals surface area contributed by atoms with Crippen molar-refractivity contribution in [2.75, 3.05) is 31.5 Å². The molecule has 0 radical (unpaired) electrons. The number of hydrogen-bond donors (Lipinski definition) is 1. The Morgan fingerprint density at radius 1 is 0.893 bits per heavy atom. The van der Waals surface area contributed by atoms with Crippen LogP contribution in [0.2, 0.25) is 0 Å². The fourth-order valence-electron chi connectivity index (χ4n) is 3.89. The van der Waals surface area contributed by atoms with E-state index in [0.717, 1.165) is 43.8 Å². The Bertz CT molecular complexity index is 927. The number of benzene rings is 3. The molecule has 0 unspecified atom stereocenters. The lowest BCUT2D eigenvalue weighted by Crippen LogP contribution is -2.51. The van der Waals surface area contributed by atoms with E-state index in [1.807, 2.05) is 42.2 Å². The number of rotatable bonds is 5. The van der Waals surface area contributed by atoms with E-state index in [-0.39, 0.29) is 11.9 Å². The van der Waals surface area contributed by atoms with E-state index in [0.29, 0.717) is 0 Å². The van der Waals surface area contributed by atoms with Gasteiger partial charge in [0.25, 0.3) is 0 Å². The summed E-state index contributed by atoms with van der Waals surface area (Å²) in [4.78, 5) is 17.4. The summed E-state index contributed by atoms with van der Waals surface area (Å²) in [6.07, 6.45) is 0. The number of hydrogen-bond acceptors (Lipinski definition) is 3. The van der Waals surface area contributed by atoms with Crippen LogP contribution in [0, 0.1) is 0 Å². The van der Waals surface area contributed by atoms with Gasteiger partial charge in [-0.25, -0.2) is 0 Å². The van der Waals surface area contributed by atoms with E-state index in [4.69, 9.17) is 0 Å². The van der Waals surface area contributed by atoms with Crippen LogP contribution >= 0.6 is 0 Å². The first-order valence-corrected chi connectivity index (χ1v) is 10.00. The first-order chi connectivity index (χ1) is 13.7. The van der Waals surface area contributed by atoms with Crippen LogP contribution < -0.4 is 5.32 Å². The largest absolute Gasteiger partial charge is 0.373 e. The fourth-order valence-corrected chi connectivity index (χ4v) is 3.89. The molecule has 0 bridgehead atoms. The summed E-state index contributed by atoms with van der Waals surface area (Å²) in [5.74, 6) is 0.173. The van der Waals surface area contributed by atoms with Gasteiger partial charge in [-0.3, -0.25) is 9.69 Å². The number of nitrogens with zero attached hydrogens (tertiary/aromatic N) is 2. The molecule has 144 valence electrons. The van der Waals surface area contributed by atoms with Gasteiger partial charge in [0.15, 0.2) is 0 Å². The van der Waals surface area contributed by atoms with Crippen molar-refractivity contribution in [3.8, 4) is 0 Å². The van der Waals surface area contributed by atoms with Gasteiger partial charge in [-0.2, -0.15) is 0 Å². The molecular weight excluding hydrogens is 346 g/mol. The van der Waals surface area contributed by atoms with Crippen molar-refractivity contribution in [2.24, 2.45) is 0 Å². The zero-order valence-corrected chi connectivity index (χ0v) is 16.3. The topological polar surface area (TPSA) is 35.6 Å². The number of carbonyl (C=O) groups excluding carboxylic acids is 1. The summed E-state index contributed by atoms with van der Waals surface area (Å²) < 4.78 is 0. The van der Waals surface area contributed by atoms with Crippen molar-refractivity contribution < 1.29 is 4.79 Å². The highest BCUT2D eigenvalue weighted by molar-refractivity contribution is 5.95. The summed E-state index contributed by atoms with van der Waals surface area (Å²) in [6, 6.07) is 24.7. The van der Waals surface area contributed by atoms with Crippen LogP contribution in [0.15, 0.2) is 72.8 Å². The Kier molecular flexibility index (Phi) is 5.58. The zero-order chi connectivity index (χ0) is 19.3. The van der Waals surface area contributed by atoms with Gasteiger partial charge in [0.2, 0.25) is 5.91 Å². The van der Waals surface area contributed by atoms with Gasteiger partial charge >= 0.3 is 0 Å². The molecule has 1 aliphatic heterocycles. The lowest BCUT2D eigenvalue weighted by molar-refractivity contribution is -0.133. The van der Waals surface area contributed by atoms with Crippen LogP contribution in [0.25, 0.3) is 10.8 Å². The molecule has 0 saturated carbocycles. The normalized spacial score (nSPS) is 16.1. The fraction of sp³-hybridized carbons (Fsp3) is 0.292. The van der Waals surface area contributed by atoms with E-state index in [1.165, 1.54) is 10.9 Å². The SMILES string of the molecule is C[C@@H](Nc1cccc2ccccc12)C(=O)N1CCN(Cc2ccccc2)CC1. The first-order valence-electron chi connectivity index (χ1n) is 10.00. The van der Waals surface area contributed by atoms with Gasteiger partial charge in [0, 0.05) is 43.8 Å². The third-order valence-corrected chi connectivity index (χ3v) is 5.47. The minimum atomic E-state index is -0.244. The van der Waals surface area contributed by atoms with Crippen LogP contribution in [0.5, 0.6) is 0 Å². The summed E-state index contributed by atoms with van der Waals surface area (Å²) in [5.41, 5.74) is 2.34. The third kappa shape index (κ3) is 4.18. The smallest absolute Gasteiger partial charge is 0.244 e. The summed E-state index contributed by atoms with van der Waals surface area (Å²) in [5, 5.41) is 5.76. The first kappa shape index (κ1) is 18.5. The third-order valence-electron chi connectivity index (χ3n) is 5.47. The molecule has 1 amide bonds. The molecule has 1 atom stereocenters. The molecule has 1 N–H and O–H groups in total. The molecule has 4 rings (SSSR count). The number of fused-ring (bicyclic) bond motifs is 1. The monoisotopic (exact) mass is 373 g/mol. The Labute approximate surface area is 166 Å². The van der Waals surface area contributed by atoms with Gasteiger partial charge in [-0.05, 0) is 23.9 Å². The van der Waals surface area contributed by atoms with Crippen LogP contribution in [0.3, 0.4) is 0 Å². The van der Waals surface area contributed by atoms with Crippen molar-refractivity contribution >= 4 is 22.4 Å². The highest BCUT2D eigenvalue weighted by atomic mass is 16.2. The lowest BCUT2D eigenvalue weighted by atomic mass is 10.1. The maximum absolute atomic E-state index is 12.9. The van der Waals surface area contributed by atoms with Crippen LogP contribution in [-0.4, -0.2) is 47.9 Å². The van der Waals surface area contributed by atoms with Crippen molar-refractivity contribution in [1.29, 1.82) is 0 Å². The molecule has 0 aromatic heterocycles. The van der Waals surface area contributed by atoms with Gasteiger partial charge < -0.3 is 10.2 Å². The van der Waals surface area contributed by atoms with Crippen LogP contribution in [-0.2, 0) is 11.3 Å². The van der Waals surface area contributed by atoms with Crippen molar-refractivity contribution in [1.82, 2.24) is 9.80 Å². The zero-order valence-electron chi connectivity index (χ0n) is 16.3. The van der Waals surface area contributed by atoms with E-state index in [1.54, 1.807) is 0 Å². The quantitative estimate of drug-likeness (QED) is 0.735.